The van der Waals surface area contributed by atoms with Crippen LogP contribution in [-0.2, 0) is 16.6 Å². The molecule has 0 aliphatic carbocycles. The largest absolute Gasteiger partial charge is 0.263 e. The topological polar surface area (TPSA) is 91.8 Å². The van der Waals surface area contributed by atoms with E-state index in [0.29, 0.717) is 17.3 Å². The van der Waals surface area contributed by atoms with Crippen molar-refractivity contribution in [2.45, 2.75) is 24.6 Å². The third-order valence-corrected chi connectivity index (χ3v) is 6.03. The van der Waals surface area contributed by atoms with E-state index in [1.807, 2.05) is 0 Å². The van der Waals surface area contributed by atoms with Crippen molar-refractivity contribution in [3.05, 3.63) is 21.8 Å². The molecule has 2 aromatic rings. The van der Waals surface area contributed by atoms with Crippen LogP contribution in [0.5, 0.6) is 0 Å². The maximum Gasteiger partial charge on any atom is 0.254 e. The lowest BCUT2D eigenvalue weighted by atomic mass is 10.6. The van der Waals surface area contributed by atoms with Gasteiger partial charge in [-0.1, -0.05) is 22.9 Å². The molecule has 0 bridgehead atoms. The Hall–Kier alpha value is -1.03. The zero-order valence-electron chi connectivity index (χ0n) is 10.5. The van der Waals surface area contributed by atoms with Crippen LogP contribution < -0.4 is 0 Å². The van der Waals surface area contributed by atoms with Crippen LogP contribution in [0.3, 0.4) is 0 Å². The second-order valence-corrected chi connectivity index (χ2v) is 7.76. The number of halogens is 1. The van der Waals surface area contributed by atoms with Gasteiger partial charge in [0, 0.05) is 7.05 Å². The Morgan fingerprint density at radius 1 is 1.37 bits per heavy atom. The Morgan fingerprint density at radius 2 is 2.05 bits per heavy atom. The Labute approximate surface area is 119 Å². The molecule has 1 N–H and O–H groups in total. The molecule has 0 aliphatic rings. The van der Waals surface area contributed by atoms with Crippen LogP contribution in [-0.4, -0.2) is 39.9 Å². The summed E-state index contributed by atoms with van der Waals surface area (Å²) in [4.78, 5) is 7.99. The Kier molecular flexibility index (Phi) is 3.90. The van der Waals surface area contributed by atoms with Crippen LogP contribution in [0.1, 0.15) is 17.3 Å². The predicted octanol–water partition coefficient (Wildman–Crippen LogP) is 1.35. The van der Waals surface area contributed by atoms with Crippen molar-refractivity contribution in [2.24, 2.45) is 0 Å². The summed E-state index contributed by atoms with van der Waals surface area (Å²) >= 11 is 6.68. The number of rotatable bonds is 4. The lowest BCUT2D eigenvalue weighted by Gasteiger charge is -2.14. The number of aryl methyl sites for hydroxylation is 2. The van der Waals surface area contributed by atoms with Crippen LogP contribution in [0.25, 0.3) is 0 Å². The smallest absolute Gasteiger partial charge is 0.254 e. The van der Waals surface area contributed by atoms with Crippen LogP contribution in [0.4, 0.5) is 0 Å². The van der Waals surface area contributed by atoms with E-state index in [1.54, 1.807) is 13.8 Å². The monoisotopic (exact) mass is 321 g/mol. The first kappa shape index (κ1) is 14.4. The first-order valence-corrected chi connectivity index (χ1v) is 7.91. The SMILES string of the molecule is Cc1nc(CN(C)S(=O)(=O)c2sc(Cl)nc2C)n[nH]1. The van der Waals surface area contributed by atoms with Crippen molar-refractivity contribution in [3.8, 4) is 0 Å². The van der Waals surface area contributed by atoms with Crippen molar-refractivity contribution in [2.75, 3.05) is 7.05 Å². The predicted molar refractivity (Wildman–Crippen MR) is 71.6 cm³/mol. The fourth-order valence-electron chi connectivity index (χ4n) is 1.48. The third kappa shape index (κ3) is 2.94. The molecule has 0 spiro atoms. The van der Waals surface area contributed by atoms with Gasteiger partial charge < -0.3 is 0 Å². The van der Waals surface area contributed by atoms with Crippen molar-refractivity contribution in [1.82, 2.24) is 24.5 Å². The van der Waals surface area contributed by atoms with Gasteiger partial charge in [0.15, 0.2) is 14.5 Å². The van der Waals surface area contributed by atoms with Gasteiger partial charge in [0.2, 0.25) is 0 Å². The lowest BCUT2D eigenvalue weighted by molar-refractivity contribution is 0.458. The van der Waals surface area contributed by atoms with Crippen molar-refractivity contribution >= 4 is 33.0 Å². The van der Waals surface area contributed by atoms with E-state index in [-0.39, 0.29) is 15.2 Å². The van der Waals surface area contributed by atoms with Gasteiger partial charge in [-0.15, -0.1) is 0 Å². The maximum atomic E-state index is 12.3. The molecule has 104 valence electrons. The molecule has 0 aromatic carbocycles. The fraction of sp³-hybridized carbons (Fsp3) is 0.444. The summed E-state index contributed by atoms with van der Waals surface area (Å²) in [7, 11) is -2.16. The second kappa shape index (κ2) is 5.16. The van der Waals surface area contributed by atoms with Crippen molar-refractivity contribution in [3.63, 3.8) is 0 Å². The minimum absolute atomic E-state index is 0.0850. The Bertz CT molecular complexity index is 693. The number of H-pyrrole nitrogens is 1. The molecule has 7 nitrogen and oxygen atoms in total. The lowest BCUT2D eigenvalue weighted by Crippen LogP contribution is -2.27. The first-order valence-electron chi connectivity index (χ1n) is 5.28. The average molecular weight is 322 g/mol. The molecule has 0 aliphatic heterocycles. The molecule has 0 fully saturated rings. The molecule has 0 saturated heterocycles. The molecule has 0 atom stereocenters. The molecular weight excluding hydrogens is 310 g/mol. The van der Waals surface area contributed by atoms with Crippen molar-refractivity contribution in [1.29, 1.82) is 0 Å². The summed E-state index contributed by atoms with van der Waals surface area (Å²) in [5, 5.41) is 6.58. The van der Waals surface area contributed by atoms with E-state index in [4.69, 9.17) is 11.6 Å². The second-order valence-electron chi connectivity index (χ2n) is 3.94. The quantitative estimate of drug-likeness (QED) is 0.917. The number of sulfonamides is 1. The number of hydrogen-bond acceptors (Lipinski definition) is 6. The van der Waals surface area contributed by atoms with Gasteiger partial charge in [0.05, 0.1) is 12.2 Å². The average Bonchev–Trinajstić information content (AvgIpc) is 2.85. The number of hydrogen-bond donors (Lipinski definition) is 1. The molecule has 10 heteroatoms. The highest BCUT2D eigenvalue weighted by Crippen LogP contribution is 2.29. The van der Waals surface area contributed by atoms with Crippen molar-refractivity contribution < 1.29 is 8.42 Å². The van der Waals surface area contributed by atoms with E-state index in [9.17, 15) is 8.42 Å². The van der Waals surface area contributed by atoms with Gasteiger partial charge in [0.25, 0.3) is 10.0 Å². The van der Waals surface area contributed by atoms with Gasteiger partial charge in [-0.3, -0.25) is 5.10 Å². The molecule has 0 unspecified atom stereocenters. The van der Waals surface area contributed by atoms with Gasteiger partial charge in [-0.05, 0) is 13.8 Å². The third-order valence-electron chi connectivity index (χ3n) is 2.38. The highest BCUT2D eigenvalue weighted by atomic mass is 35.5. The van der Waals surface area contributed by atoms with E-state index >= 15 is 0 Å². The highest BCUT2D eigenvalue weighted by Gasteiger charge is 2.27. The molecule has 19 heavy (non-hydrogen) atoms. The maximum absolute atomic E-state index is 12.3. The standard InChI is InChI=1S/C9H12ClN5O2S2/c1-5-8(18-9(10)11-5)19(16,17)15(3)4-7-12-6(2)13-14-7/h4H2,1-3H3,(H,12,13,14). The van der Waals surface area contributed by atoms with Gasteiger partial charge in [0.1, 0.15) is 5.82 Å². The van der Waals surface area contributed by atoms with Crippen LogP contribution >= 0.6 is 22.9 Å². The molecule has 0 amide bonds. The Balaban J connectivity index is 2.27. The summed E-state index contributed by atoms with van der Waals surface area (Å²) < 4.78 is 26.2. The minimum Gasteiger partial charge on any atom is -0.263 e. The summed E-state index contributed by atoms with van der Waals surface area (Å²) in [5.41, 5.74) is 0.396. The highest BCUT2D eigenvalue weighted by molar-refractivity contribution is 7.91. The van der Waals surface area contributed by atoms with Gasteiger partial charge in [-0.2, -0.15) is 9.40 Å². The van der Waals surface area contributed by atoms with Crippen LogP contribution in [0.2, 0.25) is 4.47 Å². The molecule has 2 aromatic heterocycles. The fourth-order valence-corrected chi connectivity index (χ4v) is 4.53. The summed E-state index contributed by atoms with van der Waals surface area (Å²) in [6, 6.07) is 0. The summed E-state index contributed by atoms with van der Waals surface area (Å²) in [5.74, 6) is 1.05. The number of aromatic nitrogens is 4. The molecule has 2 heterocycles. The number of thiazole rings is 1. The summed E-state index contributed by atoms with van der Waals surface area (Å²) in [6.45, 7) is 3.44. The molecular formula is C9H12ClN5O2S2. The van der Waals surface area contributed by atoms with E-state index in [0.717, 1.165) is 11.3 Å². The molecule has 2 rings (SSSR count). The zero-order valence-corrected chi connectivity index (χ0v) is 12.9. The zero-order chi connectivity index (χ0) is 14.2. The first-order chi connectivity index (χ1) is 8.80. The Morgan fingerprint density at radius 3 is 2.53 bits per heavy atom. The van der Waals surface area contributed by atoms with Gasteiger partial charge >= 0.3 is 0 Å². The van der Waals surface area contributed by atoms with E-state index < -0.39 is 10.0 Å². The molecule has 0 radical (unpaired) electrons. The van der Waals surface area contributed by atoms with E-state index in [2.05, 4.69) is 20.2 Å². The van der Waals surface area contributed by atoms with Crippen LogP contribution in [0.15, 0.2) is 4.21 Å². The normalized spacial score (nSPS) is 12.3. The van der Waals surface area contributed by atoms with E-state index in [1.165, 1.54) is 11.4 Å². The summed E-state index contributed by atoms with van der Waals surface area (Å²) in [6.07, 6.45) is 0. The number of nitrogens with one attached hydrogen (secondary N) is 1. The minimum atomic E-state index is -3.63. The van der Waals surface area contributed by atoms with Crippen LogP contribution in [0, 0.1) is 13.8 Å². The van der Waals surface area contributed by atoms with Gasteiger partial charge in [-0.25, -0.2) is 18.4 Å². The molecule has 0 saturated carbocycles. The number of nitrogens with zero attached hydrogens (tertiary/aromatic N) is 4. The number of aromatic amines is 1.